The van der Waals surface area contributed by atoms with Gasteiger partial charge in [-0.3, -0.25) is 4.98 Å². The Labute approximate surface area is 103 Å². The standard InChI is InChI=1S/C13H20N2O2/c1-2-16-11-17-13-7-3-4-9-15(13)12-6-5-8-14-10-12/h5-6,8,10,13H,2-4,7,9,11H2,1H3. The van der Waals surface area contributed by atoms with E-state index in [1.807, 2.05) is 19.2 Å². The predicted molar refractivity (Wildman–Crippen MR) is 66.8 cm³/mol. The summed E-state index contributed by atoms with van der Waals surface area (Å²) < 4.78 is 11.0. The van der Waals surface area contributed by atoms with Crippen molar-refractivity contribution in [1.29, 1.82) is 0 Å². The third-order valence-corrected chi connectivity index (χ3v) is 2.97. The van der Waals surface area contributed by atoms with E-state index in [0.717, 1.165) is 18.7 Å². The molecular formula is C13H20N2O2. The Kier molecular flexibility index (Phi) is 4.76. The van der Waals surface area contributed by atoms with Crippen LogP contribution in [0.1, 0.15) is 26.2 Å². The Morgan fingerprint density at radius 3 is 3.18 bits per heavy atom. The van der Waals surface area contributed by atoms with Crippen LogP contribution in [0.2, 0.25) is 0 Å². The predicted octanol–water partition coefficient (Wildman–Crippen LogP) is 2.41. The highest BCUT2D eigenvalue weighted by molar-refractivity contribution is 5.44. The van der Waals surface area contributed by atoms with Gasteiger partial charge in [0.15, 0.2) is 0 Å². The zero-order chi connectivity index (χ0) is 11.9. The monoisotopic (exact) mass is 236 g/mol. The van der Waals surface area contributed by atoms with Crippen LogP contribution in [0.25, 0.3) is 0 Å². The molecule has 1 saturated heterocycles. The summed E-state index contributed by atoms with van der Waals surface area (Å²) in [6.07, 6.45) is 7.30. The molecule has 0 N–H and O–H groups in total. The quantitative estimate of drug-likeness (QED) is 0.581. The van der Waals surface area contributed by atoms with Crippen molar-refractivity contribution in [2.45, 2.75) is 32.4 Å². The molecule has 0 aliphatic carbocycles. The summed E-state index contributed by atoms with van der Waals surface area (Å²) in [6, 6.07) is 4.04. The zero-order valence-electron chi connectivity index (χ0n) is 10.3. The largest absolute Gasteiger partial charge is 0.356 e. The lowest BCUT2D eigenvalue weighted by Gasteiger charge is -2.36. The maximum atomic E-state index is 5.77. The molecule has 4 heteroatoms. The van der Waals surface area contributed by atoms with E-state index in [1.54, 1.807) is 6.20 Å². The third-order valence-electron chi connectivity index (χ3n) is 2.97. The minimum absolute atomic E-state index is 0.125. The zero-order valence-corrected chi connectivity index (χ0v) is 10.3. The van der Waals surface area contributed by atoms with E-state index in [0.29, 0.717) is 13.4 Å². The van der Waals surface area contributed by atoms with Crippen molar-refractivity contribution < 1.29 is 9.47 Å². The molecular weight excluding hydrogens is 216 g/mol. The number of rotatable bonds is 5. The van der Waals surface area contributed by atoms with Gasteiger partial charge in [-0.05, 0) is 38.3 Å². The first kappa shape index (κ1) is 12.3. The molecule has 2 rings (SSSR count). The summed E-state index contributed by atoms with van der Waals surface area (Å²) >= 11 is 0. The summed E-state index contributed by atoms with van der Waals surface area (Å²) in [4.78, 5) is 6.44. The molecule has 1 unspecified atom stereocenters. The maximum absolute atomic E-state index is 5.77. The highest BCUT2D eigenvalue weighted by Crippen LogP contribution is 2.24. The van der Waals surface area contributed by atoms with Crippen molar-refractivity contribution in [2.75, 3.05) is 24.8 Å². The average molecular weight is 236 g/mol. The van der Waals surface area contributed by atoms with Gasteiger partial charge in [0.1, 0.15) is 13.0 Å². The van der Waals surface area contributed by atoms with Gasteiger partial charge in [0.05, 0.1) is 11.9 Å². The van der Waals surface area contributed by atoms with Gasteiger partial charge >= 0.3 is 0 Å². The second-order valence-corrected chi connectivity index (χ2v) is 4.13. The molecule has 1 aromatic heterocycles. The van der Waals surface area contributed by atoms with E-state index >= 15 is 0 Å². The maximum Gasteiger partial charge on any atom is 0.149 e. The fraction of sp³-hybridized carbons (Fsp3) is 0.615. The molecule has 1 aliphatic rings. The SMILES string of the molecule is CCOCOC1CCCCN1c1cccnc1. The minimum Gasteiger partial charge on any atom is -0.356 e. The van der Waals surface area contributed by atoms with Gasteiger partial charge in [0.25, 0.3) is 0 Å². The minimum atomic E-state index is 0.125. The molecule has 1 aromatic rings. The third kappa shape index (κ3) is 3.41. The lowest BCUT2D eigenvalue weighted by Crippen LogP contribution is -2.41. The van der Waals surface area contributed by atoms with Crippen molar-refractivity contribution in [3.05, 3.63) is 24.5 Å². The Morgan fingerprint density at radius 1 is 1.47 bits per heavy atom. The molecule has 1 atom stereocenters. The summed E-state index contributed by atoms with van der Waals surface area (Å²) in [7, 11) is 0. The Hall–Kier alpha value is -1.13. The van der Waals surface area contributed by atoms with E-state index in [1.165, 1.54) is 12.8 Å². The number of hydrogen-bond donors (Lipinski definition) is 0. The van der Waals surface area contributed by atoms with E-state index in [9.17, 15) is 0 Å². The van der Waals surface area contributed by atoms with Crippen LogP contribution in [0.5, 0.6) is 0 Å². The van der Waals surface area contributed by atoms with Crippen LogP contribution in [-0.2, 0) is 9.47 Å². The average Bonchev–Trinajstić information content (AvgIpc) is 2.41. The highest BCUT2D eigenvalue weighted by atomic mass is 16.7. The summed E-state index contributed by atoms with van der Waals surface area (Å²) in [5.74, 6) is 0. The first-order valence-corrected chi connectivity index (χ1v) is 6.28. The van der Waals surface area contributed by atoms with Gasteiger partial charge < -0.3 is 14.4 Å². The van der Waals surface area contributed by atoms with Crippen LogP contribution >= 0.6 is 0 Å². The molecule has 0 radical (unpaired) electrons. The van der Waals surface area contributed by atoms with Gasteiger partial charge in [-0.2, -0.15) is 0 Å². The van der Waals surface area contributed by atoms with Crippen LogP contribution < -0.4 is 4.90 Å². The fourth-order valence-electron chi connectivity index (χ4n) is 2.10. The van der Waals surface area contributed by atoms with E-state index < -0.39 is 0 Å². The highest BCUT2D eigenvalue weighted by Gasteiger charge is 2.23. The van der Waals surface area contributed by atoms with Crippen molar-refractivity contribution in [2.24, 2.45) is 0 Å². The van der Waals surface area contributed by atoms with Crippen LogP contribution in [0.4, 0.5) is 5.69 Å². The van der Waals surface area contributed by atoms with Crippen LogP contribution in [-0.4, -0.2) is 31.2 Å². The molecule has 1 aliphatic heterocycles. The molecule has 94 valence electrons. The molecule has 2 heterocycles. The number of nitrogens with zero attached hydrogens (tertiary/aromatic N) is 2. The van der Waals surface area contributed by atoms with Gasteiger partial charge in [-0.25, -0.2) is 0 Å². The topological polar surface area (TPSA) is 34.6 Å². The van der Waals surface area contributed by atoms with Gasteiger partial charge in [-0.15, -0.1) is 0 Å². The molecule has 0 saturated carbocycles. The molecule has 0 bridgehead atoms. The number of pyridine rings is 1. The molecule has 4 nitrogen and oxygen atoms in total. The van der Waals surface area contributed by atoms with Gasteiger partial charge in [-0.1, -0.05) is 0 Å². The number of ether oxygens (including phenoxy) is 2. The molecule has 0 aromatic carbocycles. The second-order valence-electron chi connectivity index (χ2n) is 4.13. The summed E-state index contributed by atoms with van der Waals surface area (Å²) in [5, 5.41) is 0. The Morgan fingerprint density at radius 2 is 2.41 bits per heavy atom. The lowest BCUT2D eigenvalue weighted by molar-refractivity contribution is -0.0923. The Bertz CT molecular complexity index is 318. The number of hydrogen-bond acceptors (Lipinski definition) is 4. The van der Waals surface area contributed by atoms with E-state index in [2.05, 4.69) is 16.0 Å². The van der Waals surface area contributed by atoms with Gasteiger partial charge in [0.2, 0.25) is 0 Å². The van der Waals surface area contributed by atoms with Gasteiger partial charge in [0, 0.05) is 19.3 Å². The van der Waals surface area contributed by atoms with Crippen LogP contribution in [0, 0.1) is 0 Å². The lowest BCUT2D eigenvalue weighted by atomic mass is 10.1. The number of anilines is 1. The smallest absolute Gasteiger partial charge is 0.149 e. The van der Waals surface area contributed by atoms with Crippen molar-refractivity contribution in [3.8, 4) is 0 Å². The van der Waals surface area contributed by atoms with Crippen LogP contribution in [0.15, 0.2) is 24.5 Å². The second kappa shape index (κ2) is 6.57. The summed E-state index contributed by atoms with van der Waals surface area (Å²) in [5.41, 5.74) is 1.13. The Balaban J connectivity index is 1.97. The number of aromatic nitrogens is 1. The number of piperidine rings is 1. The normalized spacial score (nSPS) is 20.5. The molecule has 0 spiro atoms. The summed E-state index contributed by atoms with van der Waals surface area (Å²) in [6.45, 7) is 4.07. The van der Waals surface area contributed by atoms with Crippen molar-refractivity contribution in [1.82, 2.24) is 4.98 Å². The molecule has 0 amide bonds. The molecule has 17 heavy (non-hydrogen) atoms. The molecule has 1 fully saturated rings. The van der Waals surface area contributed by atoms with Crippen molar-refractivity contribution in [3.63, 3.8) is 0 Å². The van der Waals surface area contributed by atoms with E-state index in [4.69, 9.17) is 9.47 Å². The first-order valence-electron chi connectivity index (χ1n) is 6.28. The fourth-order valence-corrected chi connectivity index (χ4v) is 2.10. The first-order chi connectivity index (χ1) is 8.42. The van der Waals surface area contributed by atoms with Crippen LogP contribution in [0.3, 0.4) is 0 Å². The van der Waals surface area contributed by atoms with E-state index in [-0.39, 0.29) is 6.23 Å². The van der Waals surface area contributed by atoms with Crippen molar-refractivity contribution >= 4 is 5.69 Å².